The molecule has 7 heteroatoms. The number of nitrogens with zero attached hydrogens (tertiary/aromatic N) is 3. The molecule has 0 atom stereocenters. The fraction of sp³-hybridized carbons (Fsp3) is 0.519. The van der Waals surface area contributed by atoms with Crippen molar-refractivity contribution in [2.75, 3.05) is 18.5 Å². The summed E-state index contributed by atoms with van der Waals surface area (Å²) in [7, 11) is 0. The van der Waals surface area contributed by atoms with Gasteiger partial charge in [-0.3, -0.25) is 0 Å². The van der Waals surface area contributed by atoms with Crippen LogP contribution in [0.1, 0.15) is 80.7 Å². The first-order valence-electron chi connectivity index (χ1n) is 12.6. The minimum atomic E-state index is 0.260. The molecule has 182 valence electrons. The number of ether oxygens (including phenoxy) is 1. The van der Waals surface area contributed by atoms with Crippen molar-refractivity contribution in [2.24, 2.45) is 0 Å². The van der Waals surface area contributed by atoms with E-state index in [0.29, 0.717) is 18.5 Å². The van der Waals surface area contributed by atoms with E-state index >= 15 is 0 Å². The van der Waals surface area contributed by atoms with Crippen molar-refractivity contribution >= 4 is 11.6 Å². The smallest absolute Gasteiger partial charge is 0.227 e. The topological polar surface area (TPSA) is 93.3 Å². The standard InChI is InChI=1S/C27H36N4O3/c1-19-18-28-27(29-22-13-10-14-23(17-22)33-16-9-4-3-8-15-32)30-25(19)24-20(2)34-31-26(24)21-11-6-5-7-12-21/h10,13-14,17-18,21,32H,3-9,11-12,15-16H2,1-2H3,(H,28,29,30). The molecule has 0 amide bonds. The van der Waals surface area contributed by atoms with Gasteiger partial charge in [0.1, 0.15) is 11.5 Å². The van der Waals surface area contributed by atoms with E-state index in [2.05, 4.69) is 15.5 Å². The van der Waals surface area contributed by atoms with Crippen molar-refractivity contribution in [3.05, 3.63) is 47.5 Å². The molecule has 1 saturated carbocycles. The molecule has 1 aliphatic carbocycles. The normalized spacial score (nSPS) is 14.3. The summed E-state index contributed by atoms with van der Waals surface area (Å²) in [6, 6.07) is 7.87. The van der Waals surface area contributed by atoms with Gasteiger partial charge in [0.2, 0.25) is 5.95 Å². The van der Waals surface area contributed by atoms with Crippen LogP contribution in [0.25, 0.3) is 11.3 Å². The van der Waals surface area contributed by atoms with Gasteiger partial charge in [-0.05, 0) is 63.6 Å². The van der Waals surface area contributed by atoms with E-state index in [9.17, 15) is 0 Å². The lowest BCUT2D eigenvalue weighted by Crippen LogP contribution is -2.07. The van der Waals surface area contributed by atoms with Gasteiger partial charge in [-0.25, -0.2) is 9.97 Å². The van der Waals surface area contributed by atoms with Crippen LogP contribution in [0.5, 0.6) is 5.75 Å². The van der Waals surface area contributed by atoms with Crippen molar-refractivity contribution in [1.29, 1.82) is 0 Å². The van der Waals surface area contributed by atoms with Crippen LogP contribution in [-0.2, 0) is 0 Å². The van der Waals surface area contributed by atoms with Gasteiger partial charge >= 0.3 is 0 Å². The van der Waals surface area contributed by atoms with Gasteiger partial charge in [0.05, 0.1) is 23.6 Å². The highest BCUT2D eigenvalue weighted by Crippen LogP contribution is 2.39. The Morgan fingerprint density at radius 1 is 1.09 bits per heavy atom. The van der Waals surface area contributed by atoms with Gasteiger partial charge in [0.15, 0.2) is 0 Å². The van der Waals surface area contributed by atoms with Gasteiger partial charge < -0.3 is 19.7 Å². The second-order valence-corrected chi connectivity index (χ2v) is 9.20. The van der Waals surface area contributed by atoms with E-state index in [1.165, 1.54) is 19.3 Å². The third-order valence-corrected chi connectivity index (χ3v) is 6.50. The van der Waals surface area contributed by atoms with Crippen molar-refractivity contribution in [3.8, 4) is 17.0 Å². The summed E-state index contributed by atoms with van der Waals surface area (Å²) in [6.07, 6.45) is 11.9. The van der Waals surface area contributed by atoms with Crippen molar-refractivity contribution in [3.63, 3.8) is 0 Å². The molecule has 0 unspecified atom stereocenters. The predicted octanol–water partition coefficient (Wildman–Crippen LogP) is 6.47. The van der Waals surface area contributed by atoms with E-state index in [-0.39, 0.29) is 6.61 Å². The summed E-state index contributed by atoms with van der Waals surface area (Å²) in [6.45, 7) is 4.92. The molecule has 2 aromatic heterocycles. The number of benzene rings is 1. The Hall–Kier alpha value is -2.93. The summed E-state index contributed by atoms with van der Waals surface area (Å²) in [5.74, 6) is 2.60. The Bertz CT molecular complexity index is 1060. The zero-order valence-corrected chi connectivity index (χ0v) is 20.3. The molecule has 7 nitrogen and oxygen atoms in total. The quantitative estimate of drug-likeness (QED) is 0.314. The average Bonchev–Trinajstić information content (AvgIpc) is 3.24. The number of rotatable bonds is 11. The van der Waals surface area contributed by atoms with Crippen LogP contribution >= 0.6 is 0 Å². The summed E-state index contributed by atoms with van der Waals surface area (Å²) in [4.78, 5) is 9.39. The van der Waals surface area contributed by atoms with E-state index in [0.717, 1.165) is 78.2 Å². The molecular formula is C27H36N4O3. The average molecular weight is 465 g/mol. The van der Waals surface area contributed by atoms with Gasteiger partial charge in [-0.2, -0.15) is 0 Å². The van der Waals surface area contributed by atoms with Gasteiger partial charge in [0.25, 0.3) is 0 Å². The number of nitrogens with one attached hydrogen (secondary N) is 1. The number of aryl methyl sites for hydroxylation is 2. The van der Waals surface area contributed by atoms with E-state index in [1.54, 1.807) is 0 Å². The minimum Gasteiger partial charge on any atom is -0.494 e. The van der Waals surface area contributed by atoms with E-state index < -0.39 is 0 Å². The van der Waals surface area contributed by atoms with Crippen LogP contribution in [0.3, 0.4) is 0 Å². The molecule has 1 aromatic carbocycles. The van der Waals surface area contributed by atoms with Gasteiger partial charge in [-0.1, -0.05) is 36.9 Å². The fourth-order valence-electron chi connectivity index (χ4n) is 4.64. The fourth-order valence-corrected chi connectivity index (χ4v) is 4.64. The van der Waals surface area contributed by atoms with Crippen molar-refractivity contribution in [1.82, 2.24) is 15.1 Å². The van der Waals surface area contributed by atoms with E-state index in [4.69, 9.17) is 19.4 Å². The molecule has 0 spiro atoms. The Morgan fingerprint density at radius 2 is 1.91 bits per heavy atom. The lowest BCUT2D eigenvalue weighted by atomic mass is 9.84. The zero-order valence-electron chi connectivity index (χ0n) is 20.3. The number of anilines is 2. The summed E-state index contributed by atoms with van der Waals surface area (Å²) < 4.78 is 11.5. The number of unbranched alkanes of at least 4 members (excludes halogenated alkanes) is 3. The maximum Gasteiger partial charge on any atom is 0.227 e. The number of aliphatic hydroxyl groups excluding tert-OH is 1. The monoisotopic (exact) mass is 464 g/mol. The summed E-state index contributed by atoms with van der Waals surface area (Å²) >= 11 is 0. The molecule has 0 saturated heterocycles. The Labute approximate surface area is 202 Å². The number of aromatic nitrogens is 3. The van der Waals surface area contributed by atoms with Crippen LogP contribution in [0.2, 0.25) is 0 Å². The maximum atomic E-state index is 8.87. The largest absolute Gasteiger partial charge is 0.494 e. The SMILES string of the molecule is Cc1cnc(Nc2cccc(OCCCCCCO)c2)nc1-c1c(C2CCCCC2)noc1C. The summed E-state index contributed by atoms with van der Waals surface area (Å²) in [5, 5.41) is 16.6. The lowest BCUT2D eigenvalue weighted by Gasteiger charge is -2.20. The molecule has 0 aliphatic heterocycles. The number of hydrogen-bond acceptors (Lipinski definition) is 7. The second-order valence-electron chi connectivity index (χ2n) is 9.20. The molecule has 2 heterocycles. The molecule has 2 N–H and O–H groups in total. The van der Waals surface area contributed by atoms with Crippen LogP contribution < -0.4 is 10.1 Å². The maximum absolute atomic E-state index is 8.87. The highest BCUT2D eigenvalue weighted by atomic mass is 16.5. The van der Waals surface area contributed by atoms with Crippen LogP contribution in [0.15, 0.2) is 35.0 Å². The lowest BCUT2D eigenvalue weighted by molar-refractivity contribution is 0.273. The molecule has 3 aromatic rings. The van der Waals surface area contributed by atoms with Crippen LogP contribution in [0, 0.1) is 13.8 Å². The Morgan fingerprint density at radius 3 is 2.74 bits per heavy atom. The van der Waals surface area contributed by atoms with E-state index in [1.807, 2.05) is 44.3 Å². The third-order valence-electron chi connectivity index (χ3n) is 6.50. The zero-order chi connectivity index (χ0) is 23.8. The van der Waals surface area contributed by atoms with Gasteiger partial charge in [0, 0.05) is 30.5 Å². The molecule has 1 aliphatic rings. The second kappa shape index (κ2) is 12.0. The Balaban J connectivity index is 1.47. The summed E-state index contributed by atoms with van der Waals surface area (Å²) in [5.41, 5.74) is 4.83. The number of hydrogen-bond donors (Lipinski definition) is 2. The number of aliphatic hydroxyl groups is 1. The molecule has 0 bridgehead atoms. The highest BCUT2D eigenvalue weighted by molar-refractivity contribution is 5.69. The molecule has 0 radical (unpaired) electrons. The highest BCUT2D eigenvalue weighted by Gasteiger charge is 2.26. The third kappa shape index (κ3) is 6.14. The molecule has 1 fully saturated rings. The first-order valence-corrected chi connectivity index (χ1v) is 12.6. The van der Waals surface area contributed by atoms with Crippen molar-refractivity contribution < 1.29 is 14.4 Å². The van der Waals surface area contributed by atoms with Crippen LogP contribution in [-0.4, -0.2) is 33.4 Å². The minimum absolute atomic E-state index is 0.260. The molecule has 34 heavy (non-hydrogen) atoms. The Kier molecular flexibility index (Phi) is 8.52. The van der Waals surface area contributed by atoms with Crippen molar-refractivity contribution in [2.45, 2.75) is 77.6 Å². The van der Waals surface area contributed by atoms with Gasteiger partial charge in [-0.15, -0.1) is 0 Å². The predicted molar refractivity (Wildman–Crippen MR) is 134 cm³/mol. The first kappa shape index (κ1) is 24.2. The molecule has 4 rings (SSSR count). The molecular weight excluding hydrogens is 428 g/mol. The van der Waals surface area contributed by atoms with Crippen LogP contribution in [0.4, 0.5) is 11.6 Å². The first-order chi connectivity index (χ1) is 16.7.